The van der Waals surface area contributed by atoms with Gasteiger partial charge < -0.3 is 24.0 Å². The summed E-state index contributed by atoms with van der Waals surface area (Å²) >= 11 is 0. The highest BCUT2D eigenvalue weighted by Crippen LogP contribution is 2.36. The minimum atomic E-state index is -4.55. The molecule has 8 nitrogen and oxygen atoms in total. The molecule has 2 aliphatic heterocycles. The van der Waals surface area contributed by atoms with Crippen molar-refractivity contribution in [1.82, 2.24) is 9.97 Å². The van der Waals surface area contributed by atoms with Crippen LogP contribution in [0.1, 0.15) is 47.8 Å². The van der Waals surface area contributed by atoms with Crippen LogP contribution in [-0.4, -0.2) is 68.0 Å². The van der Waals surface area contributed by atoms with Gasteiger partial charge >= 0.3 is 6.18 Å². The van der Waals surface area contributed by atoms with Gasteiger partial charge in [-0.15, -0.1) is 0 Å². The number of halogens is 3. The third kappa shape index (κ3) is 6.84. The van der Waals surface area contributed by atoms with E-state index in [1.54, 1.807) is 12.4 Å². The minimum Gasteiger partial charge on any atom is -0.473 e. The molecule has 2 aliphatic rings. The van der Waals surface area contributed by atoms with Crippen molar-refractivity contribution in [3.8, 4) is 17.0 Å². The first-order valence-corrected chi connectivity index (χ1v) is 14.3. The van der Waals surface area contributed by atoms with Crippen molar-refractivity contribution in [2.24, 2.45) is 0 Å². The van der Waals surface area contributed by atoms with E-state index in [-0.39, 0.29) is 11.7 Å². The lowest BCUT2D eigenvalue weighted by Gasteiger charge is -2.31. The summed E-state index contributed by atoms with van der Waals surface area (Å²) in [5.74, 6) is 0.0357. The Morgan fingerprint density at radius 3 is 2.50 bits per heavy atom. The predicted molar refractivity (Wildman–Crippen MR) is 153 cm³/mol. The zero-order valence-electron chi connectivity index (χ0n) is 23.8. The van der Waals surface area contributed by atoms with Crippen LogP contribution in [0.2, 0.25) is 0 Å². The Balaban J connectivity index is 1.49. The Kier molecular flexibility index (Phi) is 9.27. The molecule has 0 aliphatic carbocycles. The van der Waals surface area contributed by atoms with E-state index in [0.717, 1.165) is 47.5 Å². The van der Waals surface area contributed by atoms with Gasteiger partial charge in [-0.25, -0.2) is 4.98 Å². The van der Waals surface area contributed by atoms with Crippen molar-refractivity contribution in [1.29, 1.82) is 0 Å². The van der Waals surface area contributed by atoms with E-state index in [1.807, 2.05) is 26.0 Å². The van der Waals surface area contributed by atoms with E-state index in [9.17, 15) is 18.0 Å². The van der Waals surface area contributed by atoms with Gasteiger partial charge in [-0.3, -0.25) is 9.78 Å². The summed E-state index contributed by atoms with van der Waals surface area (Å²) in [4.78, 5) is 26.5. The van der Waals surface area contributed by atoms with Gasteiger partial charge in [0.15, 0.2) is 0 Å². The van der Waals surface area contributed by atoms with Crippen LogP contribution in [0, 0.1) is 6.92 Å². The van der Waals surface area contributed by atoms with Gasteiger partial charge in [0.1, 0.15) is 11.8 Å². The van der Waals surface area contributed by atoms with E-state index in [2.05, 4.69) is 9.88 Å². The van der Waals surface area contributed by atoms with E-state index in [0.29, 0.717) is 64.0 Å². The van der Waals surface area contributed by atoms with Gasteiger partial charge in [0.05, 0.1) is 43.9 Å². The second-order valence-corrected chi connectivity index (χ2v) is 10.4. The Labute approximate surface area is 243 Å². The number of pyridine rings is 2. The largest absolute Gasteiger partial charge is 0.473 e. The summed E-state index contributed by atoms with van der Waals surface area (Å²) in [7, 11) is 0. The summed E-state index contributed by atoms with van der Waals surface area (Å²) in [5.41, 5.74) is 2.75. The standard InChI is InChI=1S/C31H35F3N4O4/c1-3-9-38(30(39)22-5-4-6-24(16-22)31(32,33)34)25-18-27(21(2)35-20-25)23-17-28(37-10-14-41-15-11-37)29(36-19-23)42-26-7-12-40-13-8-26/h4-6,16-20,26H,3,7-15H2,1-2H3. The normalized spacial score (nSPS) is 16.4. The average molecular weight is 585 g/mol. The molecule has 2 saturated heterocycles. The predicted octanol–water partition coefficient (Wildman–Crippen LogP) is 5.92. The van der Waals surface area contributed by atoms with Crippen LogP contribution in [0.3, 0.4) is 0 Å². The third-order valence-corrected chi connectivity index (χ3v) is 7.45. The number of carbonyl (C=O) groups excluding carboxylic acids is 1. The second-order valence-electron chi connectivity index (χ2n) is 10.4. The van der Waals surface area contributed by atoms with Crippen molar-refractivity contribution in [3.63, 3.8) is 0 Å². The summed E-state index contributed by atoms with van der Waals surface area (Å²) in [6.07, 6.45) is 0.997. The zero-order valence-corrected chi connectivity index (χ0v) is 23.8. The van der Waals surface area contributed by atoms with Crippen LogP contribution in [0.5, 0.6) is 5.88 Å². The van der Waals surface area contributed by atoms with Crippen molar-refractivity contribution >= 4 is 17.3 Å². The van der Waals surface area contributed by atoms with Crippen LogP contribution in [-0.2, 0) is 15.7 Å². The van der Waals surface area contributed by atoms with E-state index in [1.165, 1.54) is 17.0 Å². The number of ether oxygens (including phenoxy) is 3. The number of morpholine rings is 1. The number of rotatable bonds is 8. The number of carbonyl (C=O) groups is 1. The monoisotopic (exact) mass is 584 g/mol. The number of hydrogen-bond donors (Lipinski definition) is 0. The maximum absolute atomic E-state index is 13.5. The first-order chi connectivity index (χ1) is 20.2. The molecule has 11 heteroatoms. The molecule has 1 amide bonds. The lowest BCUT2D eigenvalue weighted by molar-refractivity contribution is -0.137. The van der Waals surface area contributed by atoms with Gasteiger partial charge in [-0.1, -0.05) is 13.0 Å². The Bertz CT molecular complexity index is 1390. The molecule has 0 N–H and O–H groups in total. The number of aryl methyl sites for hydroxylation is 1. The molecule has 5 rings (SSSR count). The number of alkyl halides is 3. The molecular weight excluding hydrogens is 549 g/mol. The topological polar surface area (TPSA) is 77.0 Å². The summed E-state index contributed by atoms with van der Waals surface area (Å²) in [5, 5.41) is 0. The van der Waals surface area contributed by atoms with Crippen molar-refractivity contribution in [2.75, 3.05) is 55.9 Å². The second kappa shape index (κ2) is 13.1. The molecule has 0 bridgehead atoms. The average Bonchev–Trinajstić information content (AvgIpc) is 3.01. The highest BCUT2D eigenvalue weighted by Gasteiger charge is 2.31. The quantitative estimate of drug-likeness (QED) is 0.325. The maximum atomic E-state index is 13.5. The molecule has 0 atom stereocenters. The molecule has 2 fully saturated rings. The van der Waals surface area contributed by atoms with Gasteiger partial charge in [0, 0.05) is 61.1 Å². The first kappa shape index (κ1) is 29.8. The van der Waals surface area contributed by atoms with Crippen molar-refractivity contribution in [2.45, 2.75) is 45.4 Å². The van der Waals surface area contributed by atoms with E-state index in [4.69, 9.17) is 19.2 Å². The van der Waals surface area contributed by atoms with Crippen LogP contribution in [0.4, 0.5) is 24.5 Å². The fraction of sp³-hybridized carbons (Fsp3) is 0.452. The Hall–Kier alpha value is -3.70. The smallest absolute Gasteiger partial charge is 0.416 e. The highest BCUT2D eigenvalue weighted by atomic mass is 19.4. The van der Waals surface area contributed by atoms with E-state index >= 15 is 0 Å². The Morgan fingerprint density at radius 2 is 1.79 bits per heavy atom. The Morgan fingerprint density at radius 1 is 1.05 bits per heavy atom. The number of hydrogen-bond acceptors (Lipinski definition) is 7. The molecule has 0 unspecified atom stereocenters. The van der Waals surface area contributed by atoms with Crippen LogP contribution < -0.4 is 14.5 Å². The van der Waals surface area contributed by atoms with Crippen LogP contribution in [0.25, 0.3) is 11.1 Å². The minimum absolute atomic E-state index is 0.0214. The molecule has 224 valence electrons. The molecule has 1 aromatic carbocycles. The van der Waals surface area contributed by atoms with Crippen LogP contribution in [0.15, 0.2) is 48.8 Å². The lowest BCUT2D eigenvalue weighted by atomic mass is 10.0. The molecule has 0 radical (unpaired) electrons. The number of amides is 1. The maximum Gasteiger partial charge on any atom is 0.416 e. The van der Waals surface area contributed by atoms with E-state index < -0.39 is 17.6 Å². The molecule has 0 saturated carbocycles. The SMILES string of the molecule is CCCN(C(=O)c1cccc(C(F)(F)F)c1)c1cnc(C)c(-c2cnc(OC3CCOCC3)c(N3CCOCC3)c2)c1. The van der Waals surface area contributed by atoms with Gasteiger partial charge in [-0.05, 0) is 43.7 Å². The number of benzene rings is 1. The molecular formula is C31H35F3N4O4. The molecule has 42 heavy (non-hydrogen) atoms. The lowest BCUT2D eigenvalue weighted by Crippen LogP contribution is -2.37. The van der Waals surface area contributed by atoms with Gasteiger partial charge in [0.2, 0.25) is 5.88 Å². The van der Waals surface area contributed by atoms with Crippen molar-refractivity contribution < 1.29 is 32.2 Å². The number of aromatic nitrogens is 2. The van der Waals surface area contributed by atoms with Gasteiger partial charge in [-0.2, -0.15) is 13.2 Å². The fourth-order valence-electron chi connectivity index (χ4n) is 5.18. The van der Waals surface area contributed by atoms with Gasteiger partial charge in [0.25, 0.3) is 5.91 Å². The molecule has 3 aromatic rings. The number of nitrogens with zero attached hydrogens (tertiary/aromatic N) is 4. The summed E-state index contributed by atoms with van der Waals surface area (Å²) in [6.45, 7) is 7.99. The van der Waals surface area contributed by atoms with Crippen molar-refractivity contribution in [3.05, 3.63) is 65.6 Å². The fourth-order valence-corrected chi connectivity index (χ4v) is 5.18. The highest BCUT2D eigenvalue weighted by molar-refractivity contribution is 6.06. The van der Waals surface area contributed by atoms with Crippen LogP contribution >= 0.6 is 0 Å². The summed E-state index contributed by atoms with van der Waals surface area (Å²) in [6, 6.07) is 8.38. The molecule has 0 spiro atoms. The molecule has 2 aromatic heterocycles. The molecule has 4 heterocycles. The zero-order chi connectivity index (χ0) is 29.7. The third-order valence-electron chi connectivity index (χ3n) is 7.45. The first-order valence-electron chi connectivity index (χ1n) is 14.3. The number of anilines is 2. The summed E-state index contributed by atoms with van der Waals surface area (Å²) < 4.78 is 57.4.